The molecule has 0 spiro atoms. The zero-order valence-electron chi connectivity index (χ0n) is 11.6. The van der Waals surface area contributed by atoms with Gasteiger partial charge in [0.25, 0.3) is 0 Å². The molecule has 0 N–H and O–H groups in total. The summed E-state index contributed by atoms with van der Waals surface area (Å²) >= 11 is 0. The number of hydrogen-bond acceptors (Lipinski definition) is 3. The topological polar surface area (TPSA) is 21.7 Å². The molecule has 3 nitrogen and oxygen atoms in total. The van der Waals surface area contributed by atoms with E-state index < -0.39 is 0 Å². The van der Waals surface area contributed by atoms with Crippen molar-refractivity contribution in [1.29, 1.82) is 0 Å². The van der Waals surface area contributed by atoms with Gasteiger partial charge in [-0.3, -0.25) is 0 Å². The van der Waals surface area contributed by atoms with Crippen molar-refractivity contribution < 1.29 is 9.47 Å². The van der Waals surface area contributed by atoms with E-state index in [9.17, 15) is 0 Å². The van der Waals surface area contributed by atoms with Crippen molar-refractivity contribution in [2.75, 3.05) is 32.8 Å². The fourth-order valence-corrected chi connectivity index (χ4v) is 2.09. The summed E-state index contributed by atoms with van der Waals surface area (Å²) in [5.74, 6) is 0. The second kappa shape index (κ2) is 9.86. The first kappa shape index (κ1) is 14.9. The zero-order valence-corrected chi connectivity index (χ0v) is 11.6. The Morgan fingerprint density at radius 1 is 0.941 bits per heavy atom. The largest absolute Gasteiger partial charge is 0.353 e. The third kappa shape index (κ3) is 7.02. The van der Waals surface area contributed by atoms with E-state index in [-0.39, 0.29) is 6.29 Å². The maximum absolute atomic E-state index is 5.59. The van der Waals surface area contributed by atoms with Crippen molar-refractivity contribution in [2.24, 2.45) is 0 Å². The van der Waals surface area contributed by atoms with Crippen molar-refractivity contribution in [3.05, 3.63) is 0 Å². The molecule has 1 fully saturated rings. The molecule has 0 saturated carbocycles. The van der Waals surface area contributed by atoms with Crippen LogP contribution in [0.3, 0.4) is 0 Å². The molecule has 0 unspecified atom stereocenters. The van der Waals surface area contributed by atoms with Gasteiger partial charge in [0.05, 0.1) is 13.2 Å². The van der Waals surface area contributed by atoms with Gasteiger partial charge in [-0.2, -0.15) is 0 Å². The number of hydrogen-bond donors (Lipinski definition) is 0. The highest BCUT2D eigenvalue weighted by molar-refractivity contribution is 4.61. The molecule has 3 heteroatoms. The molecule has 0 atom stereocenters. The summed E-state index contributed by atoms with van der Waals surface area (Å²) in [7, 11) is 0. The van der Waals surface area contributed by atoms with Gasteiger partial charge in [0.2, 0.25) is 0 Å². The van der Waals surface area contributed by atoms with Crippen LogP contribution < -0.4 is 0 Å². The van der Waals surface area contributed by atoms with Crippen molar-refractivity contribution in [3.8, 4) is 0 Å². The molecular weight excluding hydrogens is 214 g/mol. The lowest BCUT2D eigenvalue weighted by Gasteiger charge is -2.27. The van der Waals surface area contributed by atoms with E-state index in [4.69, 9.17) is 9.47 Å². The molecular formula is C14H29NO2. The monoisotopic (exact) mass is 243 g/mol. The molecule has 1 saturated heterocycles. The molecule has 0 bridgehead atoms. The van der Waals surface area contributed by atoms with Gasteiger partial charge in [0.15, 0.2) is 6.29 Å². The van der Waals surface area contributed by atoms with Crippen LogP contribution in [0, 0.1) is 0 Å². The summed E-state index contributed by atoms with van der Waals surface area (Å²) in [4.78, 5) is 2.56. The standard InChI is InChI=1S/C14H29NO2/c1-3-5-9-15(10-6-4-2)11-8-14-16-12-7-13-17-14/h14H,3-13H2,1-2H3. The lowest BCUT2D eigenvalue weighted by molar-refractivity contribution is -0.182. The highest BCUT2D eigenvalue weighted by Crippen LogP contribution is 2.10. The predicted molar refractivity (Wildman–Crippen MR) is 71.2 cm³/mol. The van der Waals surface area contributed by atoms with E-state index in [1.807, 2.05) is 0 Å². The van der Waals surface area contributed by atoms with E-state index in [0.717, 1.165) is 32.6 Å². The fraction of sp³-hybridized carbons (Fsp3) is 1.00. The molecule has 17 heavy (non-hydrogen) atoms. The summed E-state index contributed by atoms with van der Waals surface area (Å²) in [5, 5.41) is 0. The van der Waals surface area contributed by atoms with Gasteiger partial charge in [-0.1, -0.05) is 26.7 Å². The van der Waals surface area contributed by atoms with E-state index in [0.29, 0.717) is 0 Å². The van der Waals surface area contributed by atoms with Gasteiger partial charge in [-0.25, -0.2) is 0 Å². The second-order valence-electron chi connectivity index (χ2n) is 4.86. The van der Waals surface area contributed by atoms with Crippen LogP contribution in [-0.4, -0.2) is 44.0 Å². The highest BCUT2D eigenvalue weighted by atomic mass is 16.7. The second-order valence-corrected chi connectivity index (χ2v) is 4.86. The molecule has 1 heterocycles. The summed E-state index contributed by atoms with van der Waals surface area (Å²) in [6.07, 6.45) is 7.28. The van der Waals surface area contributed by atoms with Gasteiger partial charge in [-0.05, 0) is 32.4 Å². The molecule has 0 aromatic heterocycles. The molecule has 1 aliphatic heterocycles. The Bertz CT molecular complexity index is 162. The summed E-state index contributed by atoms with van der Waals surface area (Å²) in [6, 6.07) is 0. The minimum Gasteiger partial charge on any atom is -0.353 e. The van der Waals surface area contributed by atoms with E-state index in [1.54, 1.807) is 0 Å². The van der Waals surface area contributed by atoms with Crippen LogP contribution in [0.25, 0.3) is 0 Å². The Morgan fingerprint density at radius 3 is 2.06 bits per heavy atom. The Balaban J connectivity index is 2.16. The molecule has 0 aromatic carbocycles. The summed E-state index contributed by atoms with van der Waals surface area (Å²) in [5.41, 5.74) is 0. The molecule has 0 radical (unpaired) electrons. The average Bonchev–Trinajstić information content (AvgIpc) is 2.39. The molecule has 1 rings (SSSR count). The quantitative estimate of drug-likeness (QED) is 0.621. The molecule has 0 amide bonds. The van der Waals surface area contributed by atoms with Crippen molar-refractivity contribution in [2.45, 2.75) is 58.7 Å². The molecule has 1 aliphatic rings. The van der Waals surface area contributed by atoms with E-state index in [1.165, 1.54) is 38.8 Å². The van der Waals surface area contributed by atoms with Crippen LogP contribution in [0.5, 0.6) is 0 Å². The van der Waals surface area contributed by atoms with Crippen LogP contribution in [0.15, 0.2) is 0 Å². The van der Waals surface area contributed by atoms with Crippen molar-refractivity contribution >= 4 is 0 Å². The summed E-state index contributed by atoms with van der Waals surface area (Å²) < 4.78 is 11.2. The normalized spacial score (nSPS) is 17.8. The molecule has 0 aliphatic carbocycles. The van der Waals surface area contributed by atoms with E-state index in [2.05, 4.69) is 18.7 Å². The lowest BCUT2D eigenvalue weighted by atomic mass is 10.2. The summed E-state index contributed by atoms with van der Waals surface area (Å²) in [6.45, 7) is 9.82. The smallest absolute Gasteiger partial charge is 0.158 e. The number of unbranched alkanes of at least 4 members (excludes halogenated alkanes) is 2. The number of rotatable bonds is 9. The maximum Gasteiger partial charge on any atom is 0.158 e. The van der Waals surface area contributed by atoms with Crippen LogP contribution in [-0.2, 0) is 9.47 Å². The maximum atomic E-state index is 5.59. The van der Waals surface area contributed by atoms with Gasteiger partial charge in [0.1, 0.15) is 0 Å². The predicted octanol–water partition coefficient (Wildman–Crippen LogP) is 3.04. The van der Waals surface area contributed by atoms with Crippen molar-refractivity contribution in [3.63, 3.8) is 0 Å². The van der Waals surface area contributed by atoms with Crippen molar-refractivity contribution in [1.82, 2.24) is 4.90 Å². The minimum absolute atomic E-state index is 0.0505. The third-order valence-corrected chi connectivity index (χ3v) is 3.23. The van der Waals surface area contributed by atoms with E-state index >= 15 is 0 Å². The van der Waals surface area contributed by atoms with Crippen LogP contribution in [0.1, 0.15) is 52.4 Å². The lowest BCUT2D eigenvalue weighted by Crippen LogP contribution is -2.33. The highest BCUT2D eigenvalue weighted by Gasteiger charge is 2.15. The van der Waals surface area contributed by atoms with Crippen LogP contribution in [0.4, 0.5) is 0 Å². The SMILES string of the molecule is CCCCN(CCCC)CCC1OCCCO1. The average molecular weight is 243 g/mol. The Labute approximate surface area is 106 Å². The molecule has 0 aromatic rings. The van der Waals surface area contributed by atoms with Gasteiger partial charge < -0.3 is 14.4 Å². The Hall–Kier alpha value is -0.120. The third-order valence-electron chi connectivity index (χ3n) is 3.23. The van der Waals surface area contributed by atoms with Gasteiger partial charge in [-0.15, -0.1) is 0 Å². The number of nitrogens with zero attached hydrogens (tertiary/aromatic N) is 1. The van der Waals surface area contributed by atoms with Crippen LogP contribution >= 0.6 is 0 Å². The van der Waals surface area contributed by atoms with Gasteiger partial charge >= 0.3 is 0 Å². The first-order chi connectivity index (χ1) is 8.36. The first-order valence-corrected chi connectivity index (χ1v) is 7.32. The first-order valence-electron chi connectivity index (χ1n) is 7.32. The zero-order chi connectivity index (χ0) is 12.3. The Morgan fingerprint density at radius 2 is 1.53 bits per heavy atom. The van der Waals surface area contributed by atoms with Gasteiger partial charge in [0, 0.05) is 13.0 Å². The van der Waals surface area contributed by atoms with Crippen LogP contribution in [0.2, 0.25) is 0 Å². The fourth-order valence-electron chi connectivity index (χ4n) is 2.09. The molecule has 102 valence electrons. The Kier molecular flexibility index (Phi) is 8.67. The minimum atomic E-state index is 0.0505. The number of ether oxygens (including phenoxy) is 2.